The number of benzene rings is 1. The van der Waals surface area contributed by atoms with Crippen molar-refractivity contribution >= 4 is 22.4 Å². The predicted molar refractivity (Wildman–Crippen MR) is 101 cm³/mol. The lowest BCUT2D eigenvalue weighted by atomic mass is 10.00. The largest absolute Gasteiger partial charge is 0.492 e. The summed E-state index contributed by atoms with van der Waals surface area (Å²) in [4.78, 5) is 0. The first kappa shape index (κ1) is 21.2. The number of rotatable bonds is 7. The molecular formula is C17H29ClN2O3S. The number of hydrogen-bond donors (Lipinski definition) is 2. The molecule has 1 aliphatic heterocycles. The summed E-state index contributed by atoms with van der Waals surface area (Å²) in [6.07, 6.45) is 1.81. The minimum Gasteiger partial charge on any atom is -0.492 e. The topological polar surface area (TPSA) is 67.4 Å². The molecule has 5 nitrogen and oxygen atoms in total. The number of ether oxygens (including phenoxy) is 1. The monoisotopic (exact) mass is 376 g/mol. The van der Waals surface area contributed by atoms with Crippen molar-refractivity contribution in [1.29, 1.82) is 0 Å². The second-order valence-corrected chi connectivity index (χ2v) is 8.41. The number of piperidine rings is 1. The van der Waals surface area contributed by atoms with Crippen LogP contribution in [0.25, 0.3) is 0 Å². The van der Waals surface area contributed by atoms with E-state index in [1.807, 2.05) is 12.1 Å². The molecule has 1 aromatic rings. The average molecular weight is 377 g/mol. The minimum atomic E-state index is -3.20. The van der Waals surface area contributed by atoms with Gasteiger partial charge in [-0.05, 0) is 49.9 Å². The Bertz CT molecular complexity index is 590. The number of sulfonamides is 1. The van der Waals surface area contributed by atoms with Gasteiger partial charge in [-0.15, -0.1) is 12.4 Å². The van der Waals surface area contributed by atoms with Gasteiger partial charge in [0.15, 0.2) is 0 Å². The summed E-state index contributed by atoms with van der Waals surface area (Å²) in [6, 6.07) is 7.99. The van der Waals surface area contributed by atoms with Gasteiger partial charge in [-0.1, -0.05) is 26.0 Å². The fourth-order valence-electron chi connectivity index (χ4n) is 2.72. The van der Waals surface area contributed by atoms with E-state index in [1.165, 1.54) is 5.56 Å². The molecule has 2 unspecified atom stereocenters. The van der Waals surface area contributed by atoms with Crippen LogP contribution in [0.3, 0.4) is 0 Å². The van der Waals surface area contributed by atoms with E-state index in [0.29, 0.717) is 12.5 Å². The lowest BCUT2D eigenvalue weighted by Gasteiger charge is -2.32. The Balaban J connectivity index is 0.00000288. The zero-order valence-electron chi connectivity index (χ0n) is 14.6. The zero-order valence-corrected chi connectivity index (χ0v) is 16.3. The van der Waals surface area contributed by atoms with Crippen LogP contribution in [-0.2, 0) is 10.0 Å². The molecule has 1 saturated heterocycles. The van der Waals surface area contributed by atoms with Crippen LogP contribution in [0.2, 0.25) is 0 Å². The molecule has 1 heterocycles. The molecule has 2 atom stereocenters. The van der Waals surface area contributed by atoms with Crippen molar-refractivity contribution in [3.05, 3.63) is 29.8 Å². The van der Waals surface area contributed by atoms with E-state index in [2.05, 4.69) is 36.0 Å². The Morgan fingerprint density at radius 1 is 1.29 bits per heavy atom. The van der Waals surface area contributed by atoms with Crippen LogP contribution in [0.1, 0.15) is 45.1 Å². The van der Waals surface area contributed by atoms with E-state index in [-0.39, 0.29) is 30.2 Å². The smallest absolute Gasteiger partial charge is 0.211 e. The molecular weight excluding hydrogens is 348 g/mol. The van der Waals surface area contributed by atoms with Crippen molar-refractivity contribution in [2.45, 2.75) is 51.6 Å². The van der Waals surface area contributed by atoms with Gasteiger partial charge in [0.25, 0.3) is 0 Å². The first-order valence-corrected chi connectivity index (χ1v) is 10.0. The van der Waals surface area contributed by atoms with Gasteiger partial charge in [0.1, 0.15) is 12.4 Å². The van der Waals surface area contributed by atoms with E-state index in [0.717, 1.165) is 25.1 Å². The van der Waals surface area contributed by atoms with Crippen LogP contribution < -0.4 is 14.8 Å². The van der Waals surface area contributed by atoms with Gasteiger partial charge >= 0.3 is 0 Å². The highest BCUT2D eigenvalue weighted by atomic mass is 35.5. The standard InChI is InChI=1S/C17H28N2O3S.ClH/c1-4-23(20,21)19-16-6-5-11-18-17(16)12-22-15-9-7-14(8-10-15)13(2)3;/h7-10,13,16-19H,4-6,11-12H2,1-3H3;1H. The number of halogens is 1. The first-order chi connectivity index (χ1) is 10.9. The molecule has 0 spiro atoms. The number of nitrogens with one attached hydrogen (secondary N) is 2. The van der Waals surface area contributed by atoms with Crippen molar-refractivity contribution < 1.29 is 13.2 Å². The normalized spacial score (nSPS) is 21.3. The molecule has 138 valence electrons. The maximum absolute atomic E-state index is 11.8. The lowest BCUT2D eigenvalue weighted by molar-refractivity contribution is 0.213. The molecule has 0 saturated carbocycles. The van der Waals surface area contributed by atoms with Crippen LogP contribution in [0.4, 0.5) is 0 Å². The molecule has 1 aromatic carbocycles. The highest BCUT2D eigenvalue weighted by molar-refractivity contribution is 7.89. The van der Waals surface area contributed by atoms with Gasteiger partial charge in [0, 0.05) is 6.04 Å². The average Bonchev–Trinajstić information content (AvgIpc) is 2.54. The highest BCUT2D eigenvalue weighted by Crippen LogP contribution is 2.19. The fourth-order valence-corrected chi connectivity index (χ4v) is 3.63. The van der Waals surface area contributed by atoms with Gasteiger partial charge in [0.05, 0.1) is 11.8 Å². The summed E-state index contributed by atoms with van der Waals surface area (Å²) >= 11 is 0. The van der Waals surface area contributed by atoms with Crippen LogP contribution in [0.15, 0.2) is 24.3 Å². The predicted octanol–water partition coefficient (Wildman–Crippen LogP) is 2.67. The van der Waals surface area contributed by atoms with E-state index in [9.17, 15) is 8.42 Å². The van der Waals surface area contributed by atoms with Gasteiger partial charge in [-0.2, -0.15) is 0 Å². The SMILES string of the molecule is CCS(=O)(=O)NC1CCCNC1COc1ccc(C(C)C)cc1.Cl. The molecule has 0 aromatic heterocycles. The summed E-state index contributed by atoms with van der Waals surface area (Å²) in [7, 11) is -3.20. The Kier molecular flexibility index (Phi) is 8.50. The van der Waals surface area contributed by atoms with Crippen LogP contribution in [0.5, 0.6) is 5.75 Å². The first-order valence-electron chi connectivity index (χ1n) is 8.37. The van der Waals surface area contributed by atoms with Gasteiger partial charge in [-0.25, -0.2) is 13.1 Å². The van der Waals surface area contributed by atoms with Crippen LogP contribution in [0, 0.1) is 0 Å². The van der Waals surface area contributed by atoms with E-state index >= 15 is 0 Å². The maximum Gasteiger partial charge on any atom is 0.211 e. The number of hydrogen-bond acceptors (Lipinski definition) is 4. The third-order valence-electron chi connectivity index (χ3n) is 4.27. The highest BCUT2D eigenvalue weighted by Gasteiger charge is 2.28. The molecule has 0 amide bonds. The second-order valence-electron chi connectivity index (χ2n) is 6.37. The minimum absolute atomic E-state index is 0. The Hall–Kier alpha value is -0.820. The van der Waals surface area contributed by atoms with E-state index < -0.39 is 10.0 Å². The molecule has 7 heteroatoms. The molecule has 0 radical (unpaired) electrons. The Labute approximate surface area is 152 Å². The quantitative estimate of drug-likeness (QED) is 0.767. The molecule has 2 rings (SSSR count). The Morgan fingerprint density at radius 2 is 1.96 bits per heavy atom. The van der Waals surface area contributed by atoms with Crippen molar-refractivity contribution in [2.24, 2.45) is 0 Å². The van der Waals surface area contributed by atoms with Crippen LogP contribution >= 0.6 is 12.4 Å². The van der Waals surface area contributed by atoms with E-state index in [4.69, 9.17) is 4.74 Å². The molecule has 24 heavy (non-hydrogen) atoms. The third-order valence-corrected chi connectivity index (χ3v) is 5.69. The van der Waals surface area contributed by atoms with E-state index in [1.54, 1.807) is 6.92 Å². The van der Waals surface area contributed by atoms with Crippen molar-refractivity contribution in [3.8, 4) is 5.75 Å². The summed E-state index contributed by atoms with van der Waals surface area (Å²) in [5.74, 6) is 1.42. The van der Waals surface area contributed by atoms with Crippen molar-refractivity contribution in [2.75, 3.05) is 18.9 Å². The fraction of sp³-hybridized carbons (Fsp3) is 0.647. The van der Waals surface area contributed by atoms with Gasteiger partial charge < -0.3 is 10.1 Å². The van der Waals surface area contributed by atoms with Gasteiger partial charge in [-0.3, -0.25) is 0 Å². The lowest BCUT2D eigenvalue weighted by Crippen LogP contribution is -2.56. The molecule has 2 N–H and O–H groups in total. The third kappa shape index (κ3) is 6.24. The summed E-state index contributed by atoms with van der Waals surface area (Å²) in [5, 5.41) is 3.36. The molecule has 0 aliphatic carbocycles. The summed E-state index contributed by atoms with van der Waals surface area (Å²) < 4.78 is 32.3. The molecule has 1 fully saturated rings. The van der Waals surface area contributed by atoms with Crippen molar-refractivity contribution in [3.63, 3.8) is 0 Å². The molecule has 0 bridgehead atoms. The van der Waals surface area contributed by atoms with Crippen LogP contribution in [-0.4, -0.2) is 39.4 Å². The van der Waals surface area contributed by atoms with Crippen molar-refractivity contribution in [1.82, 2.24) is 10.0 Å². The summed E-state index contributed by atoms with van der Waals surface area (Å²) in [6.45, 7) is 7.32. The maximum atomic E-state index is 11.8. The Morgan fingerprint density at radius 3 is 2.54 bits per heavy atom. The van der Waals surface area contributed by atoms with Gasteiger partial charge in [0.2, 0.25) is 10.0 Å². The zero-order chi connectivity index (χ0) is 16.9. The summed E-state index contributed by atoms with van der Waals surface area (Å²) in [5.41, 5.74) is 1.28. The molecule has 1 aliphatic rings. The second kappa shape index (κ2) is 9.61.